The summed E-state index contributed by atoms with van der Waals surface area (Å²) in [7, 11) is 1.38. The van der Waals surface area contributed by atoms with Crippen molar-refractivity contribution in [2.45, 2.75) is 19.8 Å². The van der Waals surface area contributed by atoms with E-state index in [1.54, 1.807) is 0 Å². The molecule has 0 saturated heterocycles. The van der Waals surface area contributed by atoms with Crippen LogP contribution >= 0.6 is 0 Å². The van der Waals surface area contributed by atoms with E-state index < -0.39 is 0 Å². The molecule has 3 nitrogen and oxygen atoms in total. The molecule has 0 aliphatic carbocycles. The van der Waals surface area contributed by atoms with Crippen LogP contribution < -0.4 is 5.32 Å². The van der Waals surface area contributed by atoms with Crippen molar-refractivity contribution < 1.29 is 9.53 Å². The average Bonchev–Trinajstić information content (AvgIpc) is 2.38. The Bertz CT molecular complexity index is 371. The summed E-state index contributed by atoms with van der Waals surface area (Å²) in [4.78, 5) is 11.3. The Balaban J connectivity index is 2.79. The third-order valence-electron chi connectivity index (χ3n) is 2.39. The monoisotopic (exact) mass is 233 g/mol. The van der Waals surface area contributed by atoms with Gasteiger partial charge in [-0.2, -0.15) is 0 Å². The lowest BCUT2D eigenvalue weighted by molar-refractivity contribution is -0.134. The number of hydrogen-bond donors (Lipinski definition) is 1. The van der Waals surface area contributed by atoms with E-state index in [1.807, 2.05) is 30.3 Å². The fourth-order valence-corrected chi connectivity index (χ4v) is 1.43. The number of methoxy groups -OCH3 is 1. The Morgan fingerprint density at radius 2 is 2.06 bits per heavy atom. The molecule has 0 atom stereocenters. The first-order chi connectivity index (χ1) is 8.27. The van der Waals surface area contributed by atoms with E-state index in [0.717, 1.165) is 30.6 Å². The van der Waals surface area contributed by atoms with Crippen molar-refractivity contribution in [2.75, 3.05) is 13.7 Å². The summed E-state index contributed by atoms with van der Waals surface area (Å²) < 4.78 is 4.65. The van der Waals surface area contributed by atoms with Gasteiger partial charge in [-0.05, 0) is 12.0 Å². The van der Waals surface area contributed by atoms with Gasteiger partial charge in [0.1, 0.15) is 0 Å². The minimum absolute atomic E-state index is 0.340. The van der Waals surface area contributed by atoms with Crippen LogP contribution in [0.1, 0.15) is 25.3 Å². The number of hydrogen-bond acceptors (Lipinski definition) is 3. The molecule has 0 aromatic heterocycles. The SMILES string of the molecule is CCCCN/C(=C\C(=O)OC)c1ccccc1. The lowest BCUT2D eigenvalue weighted by Crippen LogP contribution is -2.15. The standard InChI is InChI=1S/C14H19NO2/c1-3-4-10-15-13(11-14(16)17-2)12-8-6-5-7-9-12/h5-9,11,15H,3-4,10H2,1-2H3/b13-11-. The van der Waals surface area contributed by atoms with Crippen molar-refractivity contribution >= 4 is 11.7 Å². The van der Waals surface area contributed by atoms with Crippen molar-refractivity contribution in [3.8, 4) is 0 Å². The molecular formula is C14H19NO2. The molecule has 0 heterocycles. The zero-order chi connectivity index (χ0) is 12.5. The fourth-order valence-electron chi connectivity index (χ4n) is 1.43. The van der Waals surface area contributed by atoms with Crippen LogP contribution in [0, 0.1) is 0 Å². The maximum absolute atomic E-state index is 11.3. The highest BCUT2D eigenvalue weighted by Gasteiger charge is 2.03. The predicted octanol–water partition coefficient (Wildman–Crippen LogP) is 2.59. The molecule has 0 unspecified atom stereocenters. The van der Waals surface area contributed by atoms with E-state index in [9.17, 15) is 4.79 Å². The molecule has 0 spiro atoms. The van der Waals surface area contributed by atoms with E-state index in [4.69, 9.17) is 0 Å². The summed E-state index contributed by atoms with van der Waals surface area (Å²) >= 11 is 0. The molecular weight excluding hydrogens is 214 g/mol. The molecule has 0 radical (unpaired) electrons. The quantitative estimate of drug-likeness (QED) is 0.466. The van der Waals surface area contributed by atoms with Crippen LogP contribution in [0.3, 0.4) is 0 Å². The first-order valence-corrected chi connectivity index (χ1v) is 5.87. The third-order valence-corrected chi connectivity index (χ3v) is 2.39. The molecule has 1 rings (SSSR count). The van der Waals surface area contributed by atoms with Gasteiger partial charge in [-0.3, -0.25) is 0 Å². The van der Waals surface area contributed by atoms with Gasteiger partial charge < -0.3 is 10.1 Å². The van der Waals surface area contributed by atoms with E-state index in [2.05, 4.69) is 17.0 Å². The molecule has 17 heavy (non-hydrogen) atoms. The number of esters is 1. The van der Waals surface area contributed by atoms with Gasteiger partial charge in [0.25, 0.3) is 0 Å². The molecule has 0 fully saturated rings. The maximum atomic E-state index is 11.3. The van der Waals surface area contributed by atoms with Crippen LogP contribution in [-0.4, -0.2) is 19.6 Å². The van der Waals surface area contributed by atoms with Gasteiger partial charge in [0, 0.05) is 18.3 Å². The first kappa shape index (κ1) is 13.3. The molecule has 1 N–H and O–H groups in total. The Kier molecular flexibility index (Phi) is 5.86. The predicted molar refractivity (Wildman–Crippen MR) is 69.3 cm³/mol. The van der Waals surface area contributed by atoms with Crippen molar-refractivity contribution in [3.63, 3.8) is 0 Å². The molecule has 92 valence electrons. The number of ether oxygens (including phenoxy) is 1. The third kappa shape index (κ3) is 4.72. The van der Waals surface area contributed by atoms with Crippen LogP contribution in [-0.2, 0) is 9.53 Å². The molecule has 0 aliphatic rings. The highest BCUT2D eigenvalue weighted by molar-refractivity contribution is 5.90. The molecule has 0 amide bonds. The highest BCUT2D eigenvalue weighted by Crippen LogP contribution is 2.11. The minimum Gasteiger partial charge on any atom is -0.466 e. The molecule has 0 saturated carbocycles. The molecule has 3 heteroatoms. The second kappa shape index (κ2) is 7.49. The number of unbranched alkanes of at least 4 members (excludes halogenated alkanes) is 1. The summed E-state index contributed by atoms with van der Waals surface area (Å²) in [5.41, 5.74) is 1.81. The van der Waals surface area contributed by atoms with Crippen molar-refractivity contribution in [3.05, 3.63) is 42.0 Å². The van der Waals surface area contributed by atoms with E-state index in [1.165, 1.54) is 13.2 Å². The summed E-state index contributed by atoms with van der Waals surface area (Å²) in [6.45, 7) is 2.99. The number of benzene rings is 1. The molecule has 1 aromatic carbocycles. The lowest BCUT2D eigenvalue weighted by Gasteiger charge is -2.10. The summed E-state index contributed by atoms with van der Waals surface area (Å²) in [5.74, 6) is -0.340. The highest BCUT2D eigenvalue weighted by atomic mass is 16.5. The van der Waals surface area contributed by atoms with Gasteiger partial charge in [0.05, 0.1) is 7.11 Å². The largest absolute Gasteiger partial charge is 0.466 e. The lowest BCUT2D eigenvalue weighted by atomic mass is 10.1. The van der Waals surface area contributed by atoms with Crippen LogP contribution in [0.4, 0.5) is 0 Å². The second-order valence-corrected chi connectivity index (χ2v) is 3.73. The van der Waals surface area contributed by atoms with Crippen LogP contribution in [0.15, 0.2) is 36.4 Å². The summed E-state index contributed by atoms with van der Waals surface area (Å²) in [6.07, 6.45) is 3.68. The Morgan fingerprint density at radius 1 is 1.35 bits per heavy atom. The van der Waals surface area contributed by atoms with E-state index in [-0.39, 0.29) is 5.97 Å². The topological polar surface area (TPSA) is 38.3 Å². The number of nitrogens with one attached hydrogen (secondary N) is 1. The first-order valence-electron chi connectivity index (χ1n) is 5.87. The van der Waals surface area contributed by atoms with Gasteiger partial charge in [-0.1, -0.05) is 43.7 Å². The van der Waals surface area contributed by atoms with Gasteiger partial charge in [-0.25, -0.2) is 4.79 Å². The zero-order valence-corrected chi connectivity index (χ0v) is 10.4. The zero-order valence-electron chi connectivity index (χ0n) is 10.4. The Hall–Kier alpha value is -1.77. The normalized spacial score (nSPS) is 11.1. The van der Waals surface area contributed by atoms with E-state index >= 15 is 0 Å². The van der Waals surface area contributed by atoms with Crippen LogP contribution in [0.5, 0.6) is 0 Å². The second-order valence-electron chi connectivity index (χ2n) is 3.73. The number of rotatable bonds is 6. The van der Waals surface area contributed by atoms with E-state index in [0.29, 0.717) is 0 Å². The van der Waals surface area contributed by atoms with Crippen LogP contribution in [0.25, 0.3) is 5.70 Å². The van der Waals surface area contributed by atoms with Gasteiger partial charge >= 0.3 is 5.97 Å². The fraction of sp³-hybridized carbons (Fsp3) is 0.357. The smallest absolute Gasteiger partial charge is 0.332 e. The maximum Gasteiger partial charge on any atom is 0.332 e. The van der Waals surface area contributed by atoms with Gasteiger partial charge in [0.15, 0.2) is 0 Å². The number of carbonyl (C=O) groups is 1. The van der Waals surface area contributed by atoms with Gasteiger partial charge in [-0.15, -0.1) is 0 Å². The summed E-state index contributed by atoms with van der Waals surface area (Å²) in [6, 6.07) is 9.77. The van der Waals surface area contributed by atoms with Gasteiger partial charge in [0.2, 0.25) is 0 Å². The minimum atomic E-state index is -0.340. The number of carbonyl (C=O) groups excluding carboxylic acids is 1. The Labute approximate surface area is 102 Å². The van der Waals surface area contributed by atoms with Crippen molar-refractivity contribution in [1.29, 1.82) is 0 Å². The molecule has 0 bridgehead atoms. The average molecular weight is 233 g/mol. The van der Waals surface area contributed by atoms with Crippen molar-refractivity contribution in [1.82, 2.24) is 5.32 Å². The van der Waals surface area contributed by atoms with Crippen molar-refractivity contribution in [2.24, 2.45) is 0 Å². The Morgan fingerprint density at radius 3 is 2.65 bits per heavy atom. The van der Waals surface area contributed by atoms with Crippen LogP contribution in [0.2, 0.25) is 0 Å². The molecule has 1 aromatic rings. The molecule has 0 aliphatic heterocycles. The summed E-state index contributed by atoms with van der Waals surface area (Å²) in [5, 5.41) is 3.26.